The summed E-state index contributed by atoms with van der Waals surface area (Å²) in [5.41, 5.74) is 0.696. The molecule has 2 amide bonds. The normalized spacial score (nSPS) is 11.0. The zero-order valence-electron chi connectivity index (χ0n) is 15.6. The van der Waals surface area contributed by atoms with E-state index in [-0.39, 0.29) is 23.8 Å². The molecule has 0 aliphatic heterocycles. The largest absolute Gasteiger partial charge is 0.467 e. The first-order valence-corrected chi connectivity index (χ1v) is 8.75. The van der Waals surface area contributed by atoms with Crippen molar-refractivity contribution in [2.75, 3.05) is 37.6 Å². The maximum absolute atomic E-state index is 12.3. The fourth-order valence-corrected chi connectivity index (χ4v) is 2.28. The molecule has 0 radical (unpaired) electrons. The van der Waals surface area contributed by atoms with Gasteiger partial charge < -0.3 is 19.5 Å². The van der Waals surface area contributed by atoms with E-state index >= 15 is 0 Å². The van der Waals surface area contributed by atoms with Gasteiger partial charge in [0.05, 0.1) is 12.2 Å². The van der Waals surface area contributed by atoms with Gasteiger partial charge in [-0.05, 0) is 24.3 Å². The van der Waals surface area contributed by atoms with Gasteiger partial charge in [-0.15, -0.1) is 0 Å². The van der Waals surface area contributed by atoms with Crippen molar-refractivity contribution in [3.05, 3.63) is 47.1 Å². The van der Waals surface area contributed by atoms with Crippen molar-refractivity contribution >= 4 is 35.0 Å². The standard InChI is InChI=1S/C18H17ClF3N3O5/c1-28-5-6-29-17(27)25-13-4-2-3-12(8-13)24-15(26)11-7-14(19)16(23-9-11)30-10-18(20,21)22/h2-4,7-9H,5-6,10H2,1H3,(H,24,26)(H,25,27). The molecule has 8 nitrogen and oxygen atoms in total. The number of carbonyl (C=O) groups excluding carboxylic acids is 2. The molecule has 12 heteroatoms. The van der Waals surface area contributed by atoms with Crippen molar-refractivity contribution in [1.29, 1.82) is 0 Å². The second-order valence-electron chi connectivity index (χ2n) is 5.70. The average Bonchev–Trinajstić information content (AvgIpc) is 2.66. The molecule has 2 N–H and O–H groups in total. The second-order valence-corrected chi connectivity index (χ2v) is 6.11. The summed E-state index contributed by atoms with van der Waals surface area (Å²) in [7, 11) is 1.47. The van der Waals surface area contributed by atoms with Crippen molar-refractivity contribution in [2.45, 2.75) is 6.18 Å². The average molecular weight is 448 g/mol. The lowest BCUT2D eigenvalue weighted by Gasteiger charge is -2.11. The number of alkyl halides is 3. The van der Waals surface area contributed by atoms with E-state index in [0.29, 0.717) is 11.4 Å². The number of amides is 2. The van der Waals surface area contributed by atoms with Gasteiger partial charge in [-0.2, -0.15) is 13.2 Å². The van der Waals surface area contributed by atoms with Gasteiger partial charge >= 0.3 is 12.3 Å². The number of methoxy groups -OCH3 is 1. The van der Waals surface area contributed by atoms with Gasteiger partial charge in [-0.1, -0.05) is 17.7 Å². The van der Waals surface area contributed by atoms with Gasteiger partial charge in [-0.25, -0.2) is 9.78 Å². The van der Waals surface area contributed by atoms with Gasteiger partial charge in [0, 0.05) is 24.7 Å². The number of aromatic nitrogens is 1. The van der Waals surface area contributed by atoms with Crippen LogP contribution in [0.5, 0.6) is 5.88 Å². The first-order valence-electron chi connectivity index (χ1n) is 8.37. The molecule has 2 aromatic rings. The van der Waals surface area contributed by atoms with E-state index in [4.69, 9.17) is 21.1 Å². The minimum absolute atomic E-state index is 0.00306. The number of rotatable bonds is 8. The van der Waals surface area contributed by atoms with Crippen LogP contribution < -0.4 is 15.4 Å². The van der Waals surface area contributed by atoms with E-state index in [2.05, 4.69) is 20.4 Å². The molecule has 0 saturated heterocycles. The summed E-state index contributed by atoms with van der Waals surface area (Å²) >= 11 is 5.83. The molecule has 1 aromatic carbocycles. The van der Waals surface area contributed by atoms with Crippen LogP contribution in [0.15, 0.2) is 36.5 Å². The third-order valence-corrected chi connectivity index (χ3v) is 3.60. The van der Waals surface area contributed by atoms with Crippen molar-refractivity contribution < 1.29 is 37.0 Å². The third-order valence-electron chi connectivity index (χ3n) is 3.33. The summed E-state index contributed by atoms with van der Waals surface area (Å²) in [5, 5.41) is 4.79. The quantitative estimate of drug-likeness (QED) is 0.590. The predicted molar refractivity (Wildman–Crippen MR) is 102 cm³/mol. The molecule has 1 aromatic heterocycles. The number of carbonyl (C=O) groups is 2. The van der Waals surface area contributed by atoms with Crippen LogP contribution in [0, 0.1) is 0 Å². The SMILES string of the molecule is COCCOC(=O)Nc1cccc(NC(=O)c2cnc(OCC(F)(F)F)c(Cl)c2)c1. The summed E-state index contributed by atoms with van der Waals surface area (Å²) in [5.74, 6) is -1.06. The molecule has 0 aliphatic carbocycles. The Morgan fingerprint density at radius 1 is 1.13 bits per heavy atom. The van der Waals surface area contributed by atoms with Crippen molar-refractivity contribution in [1.82, 2.24) is 4.98 Å². The van der Waals surface area contributed by atoms with Crippen molar-refractivity contribution in [2.24, 2.45) is 0 Å². The van der Waals surface area contributed by atoms with E-state index in [1.54, 1.807) is 18.2 Å². The van der Waals surface area contributed by atoms with E-state index in [9.17, 15) is 22.8 Å². The third kappa shape index (κ3) is 7.76. The summed E-state index contributed by atoms with van der Waals surface area (Å²) in [4.78, 5) is 27.6. The summed E-state index contributed by atoms with van der Waals surface area (Å²) in [6.07, 6.45) is -4.21. The Hall–Kier alpha value is -3.05. The molecule has 0 unspecified atom stereocenters. The first kappa shape index (κ1) is 23.2. The zero-order chi connectivity index (χ0) is 22.1. The molecule has 0 aliphatic rings. The van der Waals surface area contributed by atoms with Crippen molar-refractivity contribution in [3.8, 4) is 5.88 Å². The maximum atomic E-state index is 12.3. The predicted octanol–water partition coefficient (Wildman–Crippen LogP) is 4.12. The number of hydrogen-bond donors (Lipinski definition) is 2. The van der Waals surface area contributed by atoms with Crippen LogP contribution in [0.1, 0.15) is 10.4 Å². The number of ether oxygens (including phenoxy) is 3. The minimum atomic E-state index is -4.55. The topological polar surface area (TPSA) is 98.8 Å². The summed E-state index contributed by atoms with van der Waals surface area (Å²) in [6.45, 7) is -1.23. The second kappa shape index (κ2) is 10.6. The Balaban J connectivity index is 1.99. The molecule has 162 valence electrons. The Bertz CT molecular complexity index is 896. The monoisotopic (exact) mass is 447 g/mol. The smallest absolute Gasteiger partial charge is 0.422 e. The molecule has 1 heterocycles. The molecule has 0 bridgehead atoms. The van der Waals surface area contributed by atoms with Crippen LogP contribution in [0.4, 0.5) is 29.3 Å². The number of nitrogens with zero attached hydrogens (tertiary/aromatic N) is 1. The zero-order valence-corrected chi connectivity index (χ0v) is 16.3. The number of benzene rings is 1. The van der Waals surface area contributed by atoms with Crippen LogP contribution in [0.2, 0.25) is 5.02 Å². The van der Waals surface area contributed by atoms with Gasteiger partial charge in [-0.3, -0.25) is 10.1 Å². The van der Waals surface area contributed by atoms with Gasteiger partial charge in [0.25, 0.3) is 5.91 Å². The summed E-state index contributed by atoms with van der Waals surface area (Å²) in [6, 6.07) is 7.34. The van der Waals surface area contributed by atoms with Crippen LogP contribution in [0.3, 0.4) is 0 Å². The molecular formula is C18H17ClF3N3O5. The number of nitrogens with one attached hydrogen (secondary N) is 2. The maximum Gasteiger partial charge on any atom is 0.422 e. The van der Waals surface area contributed by atoms with Gasteiger partial charge in [0.15, 0.2) is 6.61 Å². The molecule has 2 rings (SSSR count). The van der Waals surface area contributed by atoms with Crippen LogP contribution in [-0.2, 0) is 9.47 Å². The van der Waals surface area contributed by atoms with Gasteiger partial charge in [0.1, 0.15) is 11.6 Å². The van der Waals surface area contributed by atoms with Crippen LogP contribution in [0.25, 0.3) is 0 Å². The molecule has 30 heavy (non-hydrogen) atoms. The number of anilines is 2. The van der Waals surface area contributed by atoms with E-state index in [1.807, 2.05) is 0 Å². The highest BCUT2D eigenvalue weighted by Crippen LogP contribution is 2.25. The highest BCUT2D eigenvalue weighted by Gasteiger charge is 2.29. The number of hydrogen-bond acceptors (Lipinski definition) is 6. The molecule has 0 fully saturated rings. The minimum Gasteiger partial charge on any atom is -0.467 e. The highest BCUT2D eigenvalue weighted by atomic mass is 35.5. The number of pyridine rings is 1. The molecule has 0 spiro atoms. The Morgan fingerprint density at radius 3 is 2.47 bits per heavy atom. The van der Waals surface area contributed by atoms with Crippen molar-refractivity contribution in [3.63, 3.8) is 0 Å². The van der Waals surface area contributed by atoms with E-state index in [1.165, 1.54) is 13.2 Å². The van der Waals surface area contributed by atoms with Gasteiger partial charge in [0.2, 0.25) is 5.88 Å². The fourth-order valence-electron chi connectivity index (χ4n) is 2.06. The Kier molecular flexibility index (Phi) is 8.25. The van der Waals surface area contributed by atoms with E-state index < -0.39 is 30.7 Å². The van der Waals surface area contributed by atoms with E-state index in [0.717, 1.165) is 12.3 Å². The van der Waals surface area contributed by atoms with Crippen LogP contribution >= 0.6 is 11.6 Å². The lowest BCUT2D eigenvalue weighted by molar-refractivity contribution is -0.154. The Labute approximate surface area is 174 Å². The Morgan fingerprint density at radius 2 is 1.83 bits per heavy atom. The van der Waals surface area contributed by atoms with Crippen LogP contribution in [-0.4, -0.2) is 50.1 Å². The molecule has 0 atom stereocenters. The highest BCUT2D eigenvalue weighted by molar-refractivity contribution is 6.32. The number of halogens is 4. The molecular weight excluding hydrogens is 431 g/mol. The lowest BCUT2D eigenvalue weighted by Crippen LogP contribution is -2.20. The summed E-state index contributed by atoms with van der Waals surface area (Å²) < 4.78 is 50.8. The first-order chi connectivity index (χ1) is 14.2. The fraction of sp³-hybridized carbons (Fsp3) is 0.278. The molecule has 0 saturated carbocycles. The lowest BCUT2D eigenvalue weighted by atomic mass is 10.2.